The fourth-order valence-corrected chi connectivity index (χ4v) is 1.98. The average Bonchev–Trinajstić information content (AvgIpc) is 2.92. The van der Waals surface area contributed by atoms with E-state index in [-0.39, 0.29) is 11.1 Å². The third kappa shape index (κ3) is 1.82. The van der Waals surface area contributed by atoms with Gasteiger partial charge in [0.1, 0.15) is 5.52 Å². The number of para-hydroxylation sites is 2. The minimum Gasteiger partial charge on any atom is -0.435 e. The smallest absolute Gasteiger partial charge is 0.348 e. The fraction of sp³-hybridized carbons (Fsp3) is 0.0667. The zero-order valence-corrected chi connectivity index (χ0v) is 10.2. The van der Waals surface area contributed by atoms with Gasteiger partial charge < -0.3 is 4.42 Å². The summed E-state index contributed by atoms with van der Waals surface area (Å²) in [6, 6.07) is 13.8. The lowest BCUT2D eigenvalue weighted by atomic mass is 10.0. The summed E-state index contributed by atoms with van der Waals surface area (Å²) in [6.45, 7) is 0. The zero-order chi connectivity index (χ0) is 14.2. The van der Waals surface area contributed by atoms with Crippen LogP contribution in [0.3, 0.4) is 0 Å². The molecule has 20 heavy (non-hydrogen) atoms. The Hall–Kier alpha value is -2.74. The number of rotatable bonds is 2. The molecule has 0 radical (unpaired) electrons. The molecule has 0 unspecified atom stereocenters. The molecule has 0 bridgehead atoms. The summed E-state index contributed by atoms with van der Waals surface area (Å²) in [5.41, 5.74) is 0.141. The van der Waals surface area contributed by atoms with Crippen LogP contribution in [0.5, 0.6) is 0 Å². The molecule has 0 N–H and O–H groups in total. The number of hydrogen-bond donors (Lipinski definition) is 0. The van der Waals surface area contributed by atoms with Crippen LogP contribution in [0.1, 0.15) is 17.0 Å². The van der Waals surface area contributed by atoms with Gasteiger partial charge in [0.2, 0.25) is 0 Å². The van der Waals surface area contributed by atoms with E-state index in [0.29, 0.717) is 5.52 Å². The van der Waals surface area contributed by atoms with Gasteiger partial charge in [-0.05, 0) is 18.2 Å². The molecule has 3 rings (SSSR count). The van der Waals surface area contributed by atoms with E-state index in [0.717, 1.165) is 0 Å². The quantitative estimate of drug-likeness (QED) is 0.710. The summed E-state index contributed by atoms with van der Waals surface area (Å²) in [7, 11) is 0. The van der Waals surface area contributed by atoms with Crippen molar-refractivity contribution in [1.29, 1.82) is 5.26 Å². The Morgan fingerprint density at radius 1 is 1.05 bits per heavy atom. The molecule has 0 amide bonds. The third-order valence-corrected chi connectivity index (χ3v) is 2.95. The first-order valence-electron chi connectivity index (χ1n) is 5.86. The molecule has 0 saturated carbocycles. The Bertz CT molecular complexity index is 785. The Balaban J connectivity index is 2.18. The number of aromatic nitrogens is 1. The number of benzene rings is 2. The topological polar surface area (TPSA) is 49.8 Å². The number of fused-ring (bicyclic) bond motifs is 1. The van der Waals surface area contributed by atoms with E-state index in [1.165, 1.54) is 24.3 Å². The van der Waals surface area contributed by atoms with Crippen molar-refractivity contribution in [2.75, 3.05) is 0 Å². The van der Waals surface area contributed by atoms with Crippen LogP contribution < -0.4 is 0 Å². The molecule has 98 valence electrons. The predicted octanol–water partition coefficient (Wildman–Crippen LogP) is 3.84. The molecule has 0 spiro atoms. The molecule has 0 aliphatic rings. The van der Waals surface area contributed by atoms with Gasteiger partial charge in [-0.2, -0.15) is 14.0 Å². The first-order valence-corrected chi connectivity index (χ1v) is 5.86. The number of alkyl halides is 2. The highest BCUT2D eigenvalue weighted by Crippen LogP contribution is 2.38. The van der Waals surface area contributed by atoms with Gasteiger partial charge in [0, 0.05) is 5.56 Å². The second-order valence-corrected chi connectivity index (χ2v) is 4.22. The highest BCUT2D eigenvalue weighted by Gasteiger charge is 2.41. The Morgan fingerprint density at radius 3 is 2.50 bits per heavy atom. The summed E-state index contributed by atoms with van der Waals surface area (Å²) in [6.07, 6.45) is 0. The van der Waals surface area contributed by atoms with Gasteiger partial charge in [-0.25, -0.2) is 4.98 Å². The second-order valence-electron chi connectivity index (χ2n) is 4.22. The molecule has 0 saturated heterocycles. The van der Waals surface area contributed by atoms with Crippen molar-refractivity contribution in [2.45, 2.75) is 5.92 Å². The second kappa shape index (κ2) is 4.42. The van der Waals surface area contributed by atoms with E-state index in [4.69, 9.17) is 9.68 Å². The maximum atomic E-state index is 14.5. The first kappa shape index (κ1) is 12.3. The number of nitriles is 1. The normalized spacial score (nSPS) is 11.4. The highest BCUT2D eigenvalue weighted by molar-refractivity contribution is 5.72. The van der Waals surface area contributed by atoms with Gasteiger partial charge in [0.05, 0.1) is 11.6 Å². The molecule has 5 heteroatoms. The van der Waals surface area contributed by atoms with Gasteiger partial charge in [-0.15, -0.1) is 0 Å². The van der Waals surface area contributed by atoms with E-state index in [9.17, 15) is 8.78 Å². The summed E-state index contributed by atoms with van der Waals surface area (Å²) >= 11 is 0. The summed E-state index contributed by atoms with van der Waals surface area (Å²) in [5.74, 6) is -4.16. The number of hydrogen-bond acceptors (Lipinski definition) is 3. The monoisotopic (exact) mass is 270 g/mol. The molecular formula is C15H8F2N2O. The number of oxazole rings is 1. The fourth-order valence-electron chi connectivity index (χ4n) is 1.98. The van der Waals surface area contributed by atoms with Gasteiger partial charge in [-0.1, -0.05) is 30.3 Å². The molecule has 0 aliphatic carbocycles. The molecule has 0 atom stereocenters. The lowest BCUT2D eigenvalue weighted by Crippen LogP contribution is -2.17. The molecule has 0 aliphatic heterocycles. The Morgan fingerprint density at radius 2 is 1.75 bits per heavy atom. The summed E-state index contributed by atoms with van der Waals surface area (Å²) in [5, 5.41) is 8.93. The Kier molecular flexibility index (Phi) is 2.72. The van der Waals surface area contributed by atoms with Crippen molar-refractivity contribution in [2.24, 2.45) is 0 Å². The SMILES string of the molecule is N#Cc1ccccc1C(F)(F)c1nc2ccccc2o1. The molecule has 3 aromatic rings. The van der Waals surface area contributed by atoms with Crippen LogP contribution in [0.25, 0.3) is 11.1 Å². The van der Waals surface area contributed by atoms with Crippen molar-refractivity contribution in [3.05, 3.63) is 65.5 Å². The first-order chi connectivity index (χ1) is 9.63. The number of halogens is 2. The van der Waals surface area contributed by atoms with Crippen molar-refractivity contribution < 1.29 is 13.2 Å². The maximum absolute atomic E-state index is 14.5. The van der Waals surface area contributed by atoms with Crippen LogP contribution in [0, 0.1) is 11.3 Å². The molecule has 1 aromatic heterocycles. The number of nitrogens with zero attached hydrogens (tertiary/aromatic N) is 2. The van der Waals surface area contributed by atoms with Gasteiger partial charge in [0.15, 0.2) is 5.58 Å². The largest absolute Gasteiger partial charge is 0.435 e. The minimum absolute atomic E-state index is 0.0974. The van der Waals surface area contributed by atoms with Gasteiger partial charge >= 0.3 is 5.92 Å². The van der Waals surface area contributed by atoms with E-state index >= 15 is 0 Å². The standard InChI is InChI=1S/C15H8F2N2O/c16-15(17,11-6-2-1-5-10(11)9-18)14-19-12-7-3-4-8-13(12)20-14/h1-8H. The molecule has 2 aromatic carbocycles. The van der Waals surface area contributed by atoms with Crippen molar-refractivity contribution in [3.63, 3.8) is 0 Å². The van der Waals surface area contributed by atoms with Crippen LogP contribution in [0.2, 0.25) is 0 Å². The lowest BCUT2D eigenvalue weighted by molar-refractivity contribution is 0.0145. The van der Waals surface area contributed by atoms with E-state index < -0.39 is 17.4 Å². The van der Waals surface area contributed by atoms with E-state index in [1.54, 1.807) is 30.3 Å². The van der Waals surface area contributed by atoms with Crippen LogP contribution in [0.4, 0.5) is 8.78 Å². The lowest BCUT2D eigenvalue weighted by Gasteiger charge is -2.13. The molecule has 3 nitrogen and oxygen atoms in total. The maximum Gasteiger partial charge on any atom is 0.348 e. The summed E-state index contributed by atoms with van der Waals surface area (Å²) < 4.78 is 34.0. The van der Waals surface area contributed by atoms with Crippen LogP contribution in [0.15, 0.2) is 52.9 Å². The van der Waals surface area contributed by atoms with Crippen molar-refractivity contribution in [3.8, 4) is 6.07 Å². The van der Waals surface area contributed by atoms with Gasteiger partial charge in [0.25, 0.3) is 5.89 Å². The van der Waals surface area contributed by atoms with E-state index in [2.05, 4.69) is 4.98 Å². The highest BCUT2D eigenvalue weighted by atomic mass is 19.3. The van der Waals surface area contributed by atoms with Crippen molar-refractivity contribution in [1.82, 2.24) is 4.98 Å². The molecular weight excluding hydrogens is 262 g/mol. The van der Waals surface area contributed by atoms with Crippen LogP contribution in [-0.4, -0.2) is 4.98 Å². The van der Waals surface area contributed by atoms with E-state index in [1.807, 2.05) is 0 Å². The van der Waals surface area contributed by atoms with Gasteiger partial charge in [-0.3, -0.25) is 0 Å². The minimum atomic E-state index is -3.45. The average molecular weight is 270 g/mol. The van der Waals surface area contributed by atoms with Crippen molar-refractivity contribution >= 4 is 11.1 Å². The molecule has 0 fully saturated rings. The zero-order valence-electron chi connectivity index (χ0n) is 10.2. The predicted molar refractivity (Wildman–Crippen MR) is 68.2 cm³/mol. The summed E-state index contributed by atoms with van der Waals surface area (Å²) in [4.78, 5) is 3.81. The third-order valence-electron chi connectivity index (χ3n) is 2.95. The van der Waals surface area contributed by atoms with Crippen LogP contribution in [-0.2, 0) is 5.92 Å². The Labute approximate surface area is 113 Å². The van der Waals surface area contributed by atoms with Crippen LogP contribution >= 0.6 is 0 Å². The molecule has 1 heterocycles.